The number of hydrogen-bond donors (Lipinski definition) is 0. The Morgan fingerprint density at radius 1 is 0.968 bits per heavy atom. The van der Waals surface area contributed by atoms with Crippen LogP contribution in [0.2, 0.25) is 0 Å². The minimum atomic E-state index is -0.392. The Hall–Kier alpha value is -3.06. The highest BCUT2D eigenvalue weighted by atomic mass is 16.5. The van der Waals surface area contributed by atoms with Crippen LogP contribution in [0, 0.1) is 16.7 Å². The van der Waals surface area contributed by atoms with Crippen molar-refractivity contribution in [2.45, 2.75) is 52.9 Å². The number of nitrogens with zero attached hydrogens (tertiary/aromatic N) is 1. The smallest absolute Gasteiger partial charge is 0.311 e. The van der Waals surface area contributed by atoms with Gasteiger partial charge in [-0.25, -0.2) is 0 Å². The minimum absolute atomic E-state index is 0.109. The summed E-state index contributed by atoms with van der Waals surface area (Å²) < 4.78 is 11.2. The minimum Gasteiger partial charge on any atom is -0.494 e. The average Bonchev–Trinajstić information content (AvgIpc) is 2.80. The monoisotopic (exact) mass is 419 g/mol. The number of nitriles is 1. The molecule has 2 aromatic carbocycles. The number of rotatable bonds is 12. The summed E-state index contributed by atoms with van der Waals surface area (Å²) >= 11 is 0. The maximum Gasteiger partial charge on any atom is 0.311 e. The van der Waals surface area contributed by atoms with Crippen LogP contribution in [0.1, 0.15) is 64.0 Å². The summed E-state index contributed by atoms with van der Waals surface area (Å²) in [6.07, 6.45) is 6.57. The van der Waals surface area contributed by atoms with E-state index < -0.39 is 5.41 Å². The summed E-state index contributed by atoms with van der Waals surface area (Å²) in [4.78, 5) is 11.9. The number of carbonyl (C=O) groups is 1. The SMILES string of the molecule is CCC(C)(C)C(=O)OCCCCCCOc1ccc(/C=C(\C#N)c2ccccc2)cc1. The van der Waals surface area contributed by atoms with Gasteiger partial charge in [0.15, 0.2) is 0 Å². The molecule has 2 aromatic rings. The van der Waals surface area contributed by atoms with Gasteiger partial charge in [0, 0.05) is 0 Å². The van der Waals surface area contributed by atoms with Crippen molar-refractivity contribution in [2.75, 3.05) is 13.2 Å². The van der Waals surface area contributed by atoms with Crippen LogP contribution in [-0.4, -0.2) is 19.2 Å². The summed E-state index contributed by atoms with van der Waals surface area (Å²) in [5.41, 5.74) is 2.12. The normalized spacial score (nSPS) is 11.6. The fourth-order valence-corrected chi connectivity index (χ4v) is 2.88. The average molecular weight is 420 g/mol. The summed E-state index contributed by atoms with van der Waals surface area (Å²) in [6.45, 7) is 6.99. The zero-order valence-corrected chi connectivity index (χ0v) is 18.9. The van der Waals surface area contributed by atoms with Crippen LogP contribution >= 0.6 is 0 Å². The molecule has 0 atom stereocenters. The number of carbonyl (C=O) groups excluding carboxylic acids is 1. The van der Waals surface area contributed by atoms with E-state index in [-0.39, 0.29) is 5.97 Å². The largest absolute Gasteiger partial charge is 0.494 e. The van der Waals surface area contributed by atoms with E-state index in [0.29, 0.717) is 18.8 Å². The van der Waals surface area contributed by atoms with E-state index in [1.54, 1.807) is 0 Å². The Balaban J connectivity index is 1.66. The Kier molecular flexibility index (Phi) is 9.84. The molecule has 31 heavy (non-hydrogen) atoms. The highest BCUT2D eigenvalue weighted by molar-refractivity contribution is 5.89. The molecule has 0 fully saturated rings. The Bertz CT molecular complexity index is 877. The molecule has 0 aromatic heterocycles. The molecule has 164 valence electrons. The van der Waals surface area contributed by atoms with Crippen molar-refractivity contribution in [1.82, 2.24) is 0 Å². The fourth-order valence-electron chi connectivity index (χ4n) is 2.88. The van der Waals surface area contributed by atoms with Gasteiger partial charge in [-0.2, -0.15) is 5.26 Å². The highest BCUT2D eigenvalue weighted by Crippen LogP contribution is 2.22. The first-order valence-corrected chi connectivity index (χ1v) is 11.0. The summed E-state index contributed by atoms with van der Waals surface area (Å²) in [5.74, 6) is 0.716. The fraction of sp³-hybridized carbons (Fsp3) is 0.407. The molecule has 0 amide bonds. The molecule has 0 saturated heterocycles. The van der Waals surface area contributed by atoms with Crippen molar-refractivity contribution in [1.29, 1.82) is 5.26 Å². The number of benzene rings is 2. The van der Waals surface area contributed by atoms with Gasteiger partial charge in [0.2, 0.25) is 0 Å². The van der Waals surface area contributed by atoms with Crippen molar-refractivity contribution in [2.24, 2.45) is 5.41 Å². The molecule has 0 saturated carbocycles. The molecule has 4 nitrogen and oxygen atoms in total. The van der Waals surface area contributed by atoms with Crippen LogP contribution in [-0.2, 0) is 9.53 Å². The van der Waals surface area contributed by atoms with Crippen molar-refractivity contribution in [3.05, 3.63) is 65.7 Å². The molecule has 0 bridgehead atoms. The lowest BCUT2D eigenvalue weighted by molar-refractivity contribution is -0.154. The van der Waals surface area contributed by atoms with Crippen molar-refractivity contribution in [3.8, 4) is 11.8 Å². The maximum atomic E-state index is 11.9. The summed E-state index contributed by atoms with van der Waals surface area (Å²) in [7, 11) is 0. The first-order chi connectivity index (χ1) is 15.0. The van der Waals surface area contributed by atoms with Crippen LogP contribution in [0.4, 0.5) is 0 Å². The molecule has 0 aliphatic heterocycles. The number of esters is 1. The molecule has 0 heterocycles. The molecule has 0 aliphatic carbocycles. The lowest BCUT2D eigenvalue weighted by atomic mass is 9.91. The Morgan fingerprint density at radius 3 is 2.23 bits per heavy atom. The highest BCUT2D eigenvalue weighted by Gasteiger charge is 2.26. The summed E-state index contributed by atoms with van der Waals surface area (Å²) in [5, 5.41) is 9.42. The first kappa shape index (κ1) is 24.2. The maximum absolute atomic E-state index is 11.9. The molecule has 0 unspecified atom stereocenters. The van der Waals surface area contributed by atoms with Crippen LogP contribution in [0.5, 0.6) is 5.75 Å². The molecule has 0 radical (unpaired) electrons. The van der Waals surface area contributed by atoms with Gasteiger partial charge in [-0.1, -0.05) is 49.4 Å². The number of unbranched alkanes of at least 4 members (excludes halogenated alkanes) is 3. The van der Waals surface area contributed by atoms with E-state index in [4.69, 9.17) is 9.47 Å². The second-order valence-corrected chi connectivity index (χ2v) is 8.24. The van der Waals surface area contributed by atoms with Crippen LogP contribution in [0.3, 0.4) is 0 Å². The van der Waals surface area contributed by atoms with Gasteiger partial charge >= 0.3 is 5.97 Å². The zero-order chi connectivity index (χ0) is 22.5. The second-order valence-electron chi connectivity index (χ2n) is 8.24. The third kappa shape index (κ3) is 8.30. The Morgan fingerprint density at radius 2 is 1.61 bits per heavy atom. The van der Waals surface area contributed by atoms with Gasteiger partial charge in [0.25, 0.3) is 0 Å². The van der Waals surface area contributed by atoms with E-state index in [0.717, 1.165) is 49.0 Å². The van der Waals surface area contributed by atoms with Gasteiger partial charge in [-0.3, -0.25) is 4.79 Å². The van der Waals surface area contributed by atoms with Gasteiger partial charge in [-0.05, 0) is 75.3 Å². The molecule has 2 rings (SSSR count). The zero-order valence-electron chi connectivity index (χ0n) is 18.9. The van der Waals surface area contributed by atoms with Crippen LogP contribution in [0.25, 0.3) is 11.6 Å². The van der Waals surface area contributed by atoms with E-state index in [2.05, 4.69) is 6.07 Å². The molecular formula is C27H33NO3. The quantitative estimate of drug-likeness (QED) is 0.167. The van der Waals surface area contributed by atoms with Gasteiger partial charge < -0.3 is 9.47 Å². The molecule has 4 heteroatoms. The summed E-state index contributed by atoms with van der Waals surface area (Å²) in [6, 6.07) is 19.7. The topological polar surface area (TPSA) is 59.3 Å². The lowest BCUT2D eigenvalue weighted by Gasteiger charge is -2.20. The second kappa shape index (κ2) is 12.6. The van der Waals surface area contributed by atoms with E-state index >= 15 is 0 Å². The Labute approximate surface area is 186 Å². The van der Waals surface area contributed by atoms with Gasteiger partial charge in [0.1, 0.15) is 5.75 Å². The van der Waals surface area contributed by atoms with Crippen LogP contribution < -0.4 is 4.74 Å². The predicted molar refractivity (Wildman–Crippen MR) is 125 cm³/mol. The van der Waals surface area contributed by atoms with Crippen molar-refractivity contribution < 1.29 is 14.3 Å². The lowest BCUT2D eigenvalue weighted by Crippen LogP contribution is -2.26. The molecular weight excluding hydrogens is 386 g/mol. The van der Waals surface area contributed by atoms with Crippen LogP contribution in [0.15, 0.2) is 54.6 Å². The molecule has 0 N–H and O–H groups in total. The first-order valence-electron chi connectivity index (χ1n) is 11.0. The van der Waals surface area contributed by atoms with Gasteiger partial charge in [-0.15, -0.1) is 0 Å². The molecule has 0 spiro atoms. The standard InChI is InChI=1S/C27H33NO3/c1-4-27(2,3)26(29)31-19-11-6-5-10-18-30-25-16-14-22(15-17-25)20-24(21-28)23-12-8-7-9-13-23/h7-9,12-17,20H,4-6,10-11,18-19H2,1-3H3/b24-20+. The van der Waals surface area contributed by atoms with Gasteiger partial charge in [0.05, 0.1) is 30.3 Å². The number of hydrogen-bond acceptors (Lipinski definition) is 4. The number of allylic oxidation sites excluding steroid dienone is 1. The van der Waals surface area contributed by atoms with Crippen molar-refractivity contribution in [3.63, 3.8) is 0 Å². The molecule has 0 aliphatic rings. The van der Waals surface area contributed by atoms with E-state index in [9.17, 15) is 10.1 Å². The van der Waals surface area contributed by atoms with Crippen molar-refractivity contribution >= 4 is 17.6 Å². The third-order valence-corrected chi connectivity index (χ3v) is 5.37. The van der Waals surface area contributed by atoms with E-state index in [1.807, 2.05) is 81.4 Å². The predicted octanol–water partition coefficient (Wildman–Crippen LogP) is 6.67. The number of ether oxygens (including phenoxy) is 2. The van der Waals surface area contributed by atoms with E-state index in [1.165, 1.54) is 0 Å². The third-order valence-electron chi connectivity index (χ3n) is 5.37.